The first-order valence-corrected chi connectivity index (χ1v) is 5.79. The number of halogens is 1. The molecule has 1 aliphatic heterocycles. The molecule has 4 heteroatoms. The minimum atomic E-state index is 0.254. The Bertz CT molecular complexity index is 406. The fourth-order valence-corrected chi connectivity index (χ4v) is 2.08. The second-order valence-corrected chi connectivity index (χ2v) is 4.63. The fourth-order valence-electron chi connectivity index (χ4n) is 1.82. The van der Waals surface area contributed by atoms with E-state index < -0.39 is 0 Å². The van der Waals surface area contributed by atoms with Crippen LogP contribution in [0.1, 0.15) is 18.1 Å². The van der Waals surface area contributed by atoms with Gasteiger partial charge in [-0.1, -0.05) is 18.5 Å². The van der Waals surface area contributed by atoms with Gasteiger partial charge in [0.15, 0.2) is 11.5 Å². The van der Waals surface area contributed by atoms with E-state index >= 15 is 0 Å². The van der Waals surface area contributed by atoms with Gasteiger partial charge in [0.05, 0.1) is 5.02 Å². The fraction of sp³-hybridized carbons (Fsp3) is 0.500. The number of nitrogens with two attached hydrogens (primary N) is 1. The molecule has 2 N–H and O–H groups in total. The summed E-state index contributed by atoms with van der Waals surface area (Å²) in [6, 6.07) is 2.01. The molecule has 0 amide bonds. The van der Waals surface area contributed by atoms with Crippen LogP contribution in [-0.2, 0) is 6.42 Å². The molecule has 2 rings (SSSR count). The van der Waals surface area contributed by atoms with Crippen molar-refractivity contribution in [1.29, 1.82) is 0 Å². The van der Waals surface area contributed by atoms with E-state index in [1.165, 1.54) is 5.56 Å². The van der Waals surface area contributed by atoms with Gasteiger partial charge in [-0.05, 0) is 43.0 Å². The maximum Gasteiger partial charge on any atom is 0.231 e. The number of fused-ring (bicyclic) bond motifs is 1. The number of hydrogen-bond donors (Lipinski definition) is 1. The molecule has 0 spiro atoms. The third kappa shape index (κ3) is 1.97. The van der Waals surface area contributed by atoms with Crippen LogP contribution in [-0.4, -0.2) is 13.3 Å². The van der Waals surface area contributed by atoms with Crippen LogP contribution in [0, 0.1) is 12.8 Å². The summed E-state index contributed by atoms with van der Waals surface area (Å²) in [5, 5.41) is 0.661. The second-order valence-electron chi connectivity index (χ2n) is 4.25. The Hall–Kier alpha value is -0.930. The molecule has 1 unspecified atom stereocenters. The summed E-state index contributed by atoms with van der Waals surface area (Å²) in [7, 11) is 0. The lowest BCUT2D eigenvalue weighted by Crippen LogP contribution is -2.13. The van der Waals surface area contributed by atoms with Gasteiger partial charge in [0, 0.05) is 0 Å². The molecule has 1 aromatic rings. The van der Waals surface area contributed by atoms with Crippen molar-refractivity contribution in [2.45, 2.75) is 20.3 Å². The van der Waals surface area contributed by atoms with E-state index in [1.807, 2.05) is 13.0 Å². The molecule has 0 saturated carbocycles. The minimum Gasteiger partial charge on any atom is -0.454 e. The zero-order valence-electron chi connectivity index (χ0n) is 9.55. The average Bonchev–Trinajstić information content (AvgIpc) is 2.73. The molecule has 88 valence electrons. The van der Waals surface area contributed by atoms with Crippen LogP contribution in [0.4, 0.5) is 0 Å². The number of rotatable bonds is 3. The van der Waals surface area contributed by atoms with Gasteiger partial charge in [0.2, 0.25) is 6.79 Å². The van der Waals surface area contributed by atoms with E-state index in [0.29, 0.717) is 23.2 Å². The van der Waals surface area contributed by atoms with Crippen molar-refractivity contribution in [3.8, 4) is 11.5 Å². The Kier molecular flexibility index (Phi) is 3.26. The highest BCUT2D eigenvalue weighted by Gasteiger charge is 2.21. The van der Waals surface area contributed by atoms with Crippen molar-refractivity contribution >= 4 is 11.6 Å². The van der Waals surface area contributed by atoms with Gasteiger partial charge >= 0.3 is 0 Å². The maximum atomic E-state index is 6.23. The maximum absolute atomic E-state index is 6.23. The van der Waals surface area contributed by atoms with Gasteiger partial charge in [-0.25, -0.2) is 0 Å². The summed E-state index contributed by atoms with van der Waals surface area (Å²) in [4.78, 5) is 0. The Balaban J connectivity index is 2.36. The molecule has 1 heterocycles. The highest BCUT2D eigenvalue weighted by Crippen LogP contribution is 2.42. The molecular weight excluding hydrogens is 226 g/mol. The predicted molar refractivity (Wildman–Crippen MR) is 64.2 cm³/mol. The number of benzene rings is 1. The van der Waals surface area contributed by atoms with Crippen LogP contribution in [0.5, 0.6) is 11.5 Å². The third-order valence-electron chi connectivity index (χ3n) is 2.93. The molecule has 0 aliphatic carbocycles. The largest absolute Gasteiger partial charge is 0.454 e. The summed E-state index contributed by atoms with van der Waals surface area (Å²) in [5.41, 5.74) is 7.88. The SMILES string of the molecule is Cc1c(CC(C)CN)cc2c(c1Cl)OCO2. The molecule has 16 heavy (non-hydrogen) atoms. The van der Waals surface area contributed by atoms with Gasteiger partial charge in [-0.15, -0.1) is 0 Å². The summed E-state index contributed by atoms with van der Waals surface area (Å²) in [6.45, 7) is 5.05. The van der Waals surface area contributed by atoms with Crippen molar-refractivity contribution in [2.75, 3.05) is 13.3 Å². The second kappa shape index (κ2) is 4.52. The van der Waals surface area contributed by atoms with Gasteiger partial charge in [-0.2, -0.15) is 0 Å². The van der Waals surface area contributed by atoms with Gasteiger partial charge < -0.3 is 15.2 Å². The molecule has 0 aromatic heterocycles. The van der Waals surface area contributed by atoms with E-state index in [9.17, 15) is 0 Å². The van der Waals surface area contributed by atoms with Crippen LogP contribution in [0.3, 0.4) is 0 Å². The first kappa shape index (κ1) is 11.6. The summed E-state index contributed by atoms with van der Waals surface area (Å²) in [5.74, 6) is 1.85. The quantitative estimate of drug-likeness (QED) is 0.885. The molecule has 1 aliphatic rings. The molecule has 1 atom stereocenters. The lowest BCUT2D eigenvalue weighted by atomic mass is 9.97. The highest BCUT2D eigenvalue weighted by atomic mass is 35.5. The Morgan fingerprint density at radius 2 is 2.25 bits per heavy atom. The highest BCUT2D eigenvalue weighted by molar-refractivity contribution is 6.33. The first-order valence-electron chi connectivity index (χ1n) is 5.41. The number of hydrogen-bond acceptors (Lipinski definition) is 3. The summed E-state index contributed by atoms with van der Waals surface area (Å²) >= 11 is 6.23. The van der Waals surface area contributed by atoms with E-state index in [2.05, 4.69) is 6.92 Å². The lowest BCUT2D eigenvalue weighted by molar-refractivity contribution is 0.174. The average molecular weight is 242 g/mol. The zero-order valence-corrected chi connectivity index (χ0v) is 10.3. The van der Waals surface area contributed by atoms with Crippen LogP contribution in [0.2, 0.25) is 5.02 Å². The van der Waals surface area contributed by atoms with Crippen molar-refractivity contribution < 1.29 is 9.47 Å². The molecule has 0 saturated heterocycles. The van der Waals surface area contributed by atoms with Gasteiger partial charge in [-0.3, -0.25) is 0 Å². The van der Waals surface area contributed by atoms with Crippen molar-refractivity contribution in [3.05, 3.63) is 22.2 Å². The molecule has 0 radical (unpaired) electrons. The molecule has 0 bridgehead atoms. The van der Waals surface area contributed by atoms with E-state index in [4.69, 9.17) is 26.8 Å². The van der Waals surface area contributed by atoms with Crippen LogP contribution < -0.4 is 15.2 Å². The van der Waals surface area contributed by atoms with E-state index in [0.717, 1.165) is 17.7 Å². The molecular formula is C12H16ClNO2. The van der Waals surface area contributed by atoms with Crippen molar-refractivity contribution in [3.63, 3.8) is 0 Å². The van der Waals surface area contributed by atoms with Crippen LogP contribution in [0.15, 0.2) is 6.07 Å². The van der Waals surface area contributed by atoms with Crippen LogP contribution in [0.25, 0.3) is 0 Å². The molecule has 0 fully saturated rings. The summed E-state index contributed by atoms with van der Waals surface area (Å²) < 4.78 is 10.7. The first-order chi connectivity index (χ1) is 7.63. The lowest BCUT2D eigenvalue weighted by Gasteiger charge is -2.13. The monoisotopic (exact) mass is 241 g/mol. The van der Waals surface area contributed by atoms with Crippen LogP contribution >= 0.6 is 11.6 Å². The van der Waals surface area contributed by atoms with E-state index in [-0.39, 0.29) is 6.79 Å². The Morgan fingerprint density at radius 1 is 1.50 bits per heavy atom. The Morgan fingerprint density at radius 3 is 2.94 bits per heavy atom. The smallest absolute Gasteiger partial charge is 0.231 e. The van der Waals surface area contributed by atoms with Crippen molar-refractivity contribution in [2.24, 2.45) is 11.7 Å². The topological polar surface area (TPSA) is 44.5 Å². The Labute approximate surface area is 100 Å². The molecule has 1 aromatic carbocycles. The van der Waals surface area contributed by atoms with Gasteiger partial charge in [0.1, 0.15) is 0 Å². The standard InChI is InChI=1S/C12H16ClNO2/c1-7(5-14)3-9-4-10-12(16-6-15-10)11(13)8(9)2/h4,7H,3,5-6,14H2,1-2H3. The minimum absolute atomic E-state index is 0.254. The predicted octanol–water partition coefficient (Wildman–Crippen LogP) is 2.51. The van der Waals surface area contributed by atoms with E-state index in [1.54, 1.807) is 0 Å². The zero-order chi connectivity index (χ0) is 11.7. The normalized spacial score (nSPS) is 15.2. The molecule has 3 nitrogen and oxygen atoms in total. The third-order valence-corrected chi connectivity index (χ3v) is 3.38. The van der Waals surface area contributed by atoms with Crippen molar-refractivity contribution in [1.82, 2.24) is 0 Å². The number of ether oxygens (including phenoxy) is 2. The summed E-state index contributed by atoms with van der Waals surface area (Å²) in [6.07, 6.45) is 0.915. The van der Waals surface area contributed by atoms with Gasteiger partial charge in [0.25, 0.3) is 0 Å².